The summed E-state index contributed by atoms with van der Waals surface area (Å²) in [5.41, 5.74) is 0.509. The fourth-order valence-electron chi connectivity index (χ4n) is 3.93. The van der Waals surface area contributed by atoms with Crippen molar-refractivity contribution < 1.29 is 18.0 Å². The van der Waals surface area contributed by atoms with Gasteiger partial charge in [-0.3, -0.25) is 9.69 Å². The maximum absolute atomic E-state index is 13.8. The summed E-state index contributed by atoms with van der Waals surface area (Å²) in [6, 6.07) is 11.8. The first kappa shape index (κ1) is 24.0. The molecule has 3 rings (SSSR count). The number of anilines is 1. The number of benzene rings is 2. The Labute approximate surface area is 194 Å². The first-order chi connectivity index (χ1) is 14.6. The lowest BCUT2D eigenvalue weighted by Gasteiger charge is -2.35. The zero-order valence-electron chi connectivity index (χ0n) is 17.7. The lowest BCUT2D eigenvalue weighted by molar-refractivity contribution is -0.138. The minimum absolute atomic E-state index is 0.110. The van der Waals surface area contributed by atoms with E-state index >= 15 is 0 Å². The van der Waals surface area contributed by atoms with Gasteiger partial charge in [-0.15, -0.1) is 0 Å². The second-order valence-corrected chi connectivity index (χ2v) is 9.42. The third-order valence-corrected chi connectivity index (χ3v) is 6.35. The summed E-state index contributed by atoms with van der Waals surface area (Å²) in [6.45, 7) is 2.12. The molecule has 0 atom stereocenters. The molecule has 8 heteroatoms. The molecule has 2 aromatic rings. The van der Waals surface area contributed by atoms with Crippen molar-refractivity contribution in [3.63, 3.8) is 0 Å². The zero-order valence-corrected chi connectivity index (χ0v) is 19.8. The number of nitrogens with one attached hydrogen (secondary N) is 1. The highest BCUT2D eigenvalue weighted by molar-refractivity contribution is 14.1. The third-order valence-electron chi connectivity index (χ3n) is 5.68. The van der Waals surface area contributed by atoms with Gasteiger partial charge in [0.1, 0.15) is 0 Å². The van der Waals surface area contributed by atoms with Crippen LogP contribution in [0.1, 0.15) is 29.5 Å². The molecular weight excluding hydrogens is 518 g/mol. The van der Waals surface area contributed by atoms with E-state index in [9.17, 15) is 18.0 Å². The zero-order chi connectivity index (χ0) is 22.6. The number of likely N-dealkylation sites (tertiary alicyclic amines) is 1. The Morgan fingerprint density at radius 2 is 1.90 bits per heavy atom. The van der Waals surface area contributed by atoms with E-state index in [0.717, 1.165) is 41.1 Å². The van der Waals surface area contributed by atoms with Crippen LogP contribution in [0.2, 0.25) is 0 Å². The van der Waals surface area contributed by atoms with Crippen molar-refractivity contribution >= 4 is 34.2 Å². The molecule has 0 spiro atoms. The van der Waals surface area contributed by atoms with E-state index in [1.165, 1.54) is 6.07 Å². The first-order valence-corrected chi connectivity index (χ1v) is 11.3. The number of piperidine rings is 1. The minimum Gasteiger partial charge on any atom is -0.326 e. The van der Waals surface area contributed by atoms with Crippen LogP contribution in [0.15, 0.2) is 42.5 Å². The summed E-state index contributed by atoms with van der Waals surface area (Å²) in [5.74, 6) is -0.341. The van der Waals surface area contributed by atoms with E-state index < -0.39 is 11.7 Å². The summed E-state index contributed by atoms with van der Waals surface area (Å²) >= 11 is 2.16. The van der Waals surface area contributed by atoms with Crippen LogP contribution in [0.4, 0.5) is 18.9 Å². The fourth-order valence-corrected chi connectivity index (χ4v) is 4.53. The number of hydrogen-bond donors (Lipinski definition) is 1. The first-order valence-electron chi connectivity index (χ1n) is 10.2. The number of carbonyl (C=O) groups excluding carboxylic acids is 1. The predicted octanol–water partition coefficient (Wildman–Crippen LogP) is 5.02. The van der Waals surface area contributed by atoms with Gasteiger partial charge in [0.05, 0.1) is 12.0 Å². The molecule has 1 amide bonds. The van der Waals surface area contributed by atoms with E-state index in [0.29, 0.717) is 0 Å². The Bertz CT molecular complexity index is 911. The van der Waals surface area contributed by atoms with Gasteiger partial charge in [0.25, 0.3) is 0 Å². The Morgan fingerprint density at radius 3 is 2.55 bits per heavy atom. The Hall–Kier alpha value is -1.65. The van der Waals surface area contributed by atoms with Crippen LogP contribution in [0.25, 0.3) is 0 Å². The molecule has 168 valence electrons. The highest BCUT2D eigenvalue weighted by Crippen LogP contribution is 2.35. The average molecular weight is 545 g/mol. The Morgan fingerprint density at radius 1 is 1.19 bits per heavy atom. The molecule has 0 radical (unpaired) electrons. The molecule has 4 nitrogen and oxygen atoms in total. The average Bonchev–Trinajstić information content (AvgIpc) is 2.68. The molecule has 2 aromatic carbocycles. The molecule has 31 heavy (non-hydrogen) atoms. The summed E-state index contributed by atoms with van der Waals surface area (Å²) < 4.78 is 42.3. The summed E-state index contributed by atoms with van der Waals surface area (Å²) in [5, 5.41) is 2.61. The smallest absolute Gasteiger partial charge is 0.326 e. The van der Waals surface area contributed by atoms with Crippen molar-refractivity contribution in [2.24, 2.45) is 0 Å². The number of halogens is 4. The SMILES string of the molecule is CN1CCC(N(C)Cc2ccc(NC(=O)Cc3cccc(I)c3)cc2C(F)(F)F)CC1. The third kappa shape index (κ3) is 6.92. The van der Waals surface area contributed by atoms with Crippen LogP contribution in [0.3, 0.4) is 0 Å². The quantitative estimate of drug-likeness (QED) is 0.519. The molecule has 1 fully saturated rings. The van der Waals surface area contributed by atoms with Gasteiger partial charge >= 0.3 is 6.18 Å². The van der Waals surface area contributed by atoms with Crippen molar-refractivity contribution in [1.82, 2.24) is 9.80 Å². The minimum atomic E-state index is -4.49. The number of carbonyl (C=O) groups is 1. The van der Waals surface area contributed by atoms with E-state index in [2.05, 4.69) is 39.9 Å². The number of rotatable bonds is 6. The predicted molar refractivity (Wildman–Crippen MR) is 125 cm³/mol. The van der Waals surface area contributed by atoms with Gasteiger partial charge < -0.3 is 10.2 Å². The van der Waals surface area contributed by atoms with Crippen molar-refractivity contribution in [1.29, 1.82) is 0 Å². The monoisotopic (exact) mass is 545 g/mol. The molecule has 0 saturated carbocycles. The van der Waals surface area contributed by atoms with Crippen molar-refractivity contribution in [3.05, 3.63) is 62.7 Å². The molecule has 1 N–H and O–H groups in total. The van der Waals surface area contributed by atoms with Gasteiger partial charge in [-0.05, 0) is 98.0 Å². The van der Waals surface area contributed by atoms with Crippen LogP contribution in [-0.2, 0) is 23.9 Å². The molecule has 1 aliphatic rings. The van der Waals surface area contributed by atoms with Gasteiger partial charge in [0.15, 0.2) is 0 Å². The summed E-state index contributed by atoms with van der Waals surface area (Å²) in [4.78, 5) is 16.6. The molecule has 0 aliphatic carbocycles. The highest BCUT2D eigenvalue weighted by atomic mass is 127. The molecule has 1 heterocycles. The maximum atomic E-state index is 13.8. The number of amides is 1. The molecular formula is C23H27F3IN3O. The summed E-state index contributed by atoms with van der Waals surface area (Å²) in [6.07, 6.45) is -2.49. The maximum Gasteiger partial charge on any atom is 0.416 e. The number of hydrogen-bond acceptors (Lipinski definition) is 3. The van der Waals surface area contributed by atoms with E-state index in [1.54, 1.807) is 6.07 Å². The molecule has 0 aromatic heterocycles. The second-order valence-electron chi connectivity index (χ2n) is 8.17. The van der Waals surface area contributed by atoms with Crippen LogP contribution in [0, 0.1) is 3.57 Å². The molecule has 1 aliphatic heterocycles. The van der Waals surface area contributed by atoms with Gasteiger partial charge in [0, 0.05) is 21.8 Å². The Balaban J connectivity index is 1.71. The number of nitrogens with zero attached hydrogens (tertiary/aromatic N) is 2. The van der Waals surface area contributed by atoms with Gasteiger partial charge in [0.2, 0.25) is 5.91 Å². The van der Waals surface area contributed by atoms with Crippen LogP contribution in [-0.4, -0.2) is 48.9 Å². The highest BCUT2D eigenvalue weighted by Gasteiger charge is 2.34. The van der Waals surface area contributed by atoms with Crippen molar-refractivity contribution in [2.45, 2.75) is 38.0 Å². The Kier molecular flexibility index (Phi) is 7.98. The second kappa shape index (κ2) is 10.3. The largest absolute Gasteiger partial charge is 0.416 e. The van der Waals surface area contributed by atoms with Crippen LogP contribution < -0.4 is 5.32 Å². The normalized spacial score (nSPS) is 16.0. The standard InChI is InChI=1S/C23H27F3IN3O/c1-29-10-8-20(9-11-29)30(2)15-17-6-7-19(14-21(17)23(24,25)26)28-22(31)13-16-4-3-5-18(27)12-16/h3-7,12,14,20H,8-11,13,15H2,1-2H3,(H,28,31). The molecule has 0 unspecified atom stereocenters. The van der Waals surface area contributed by atoms with E-state index in [4.69, 9.17) is 0 Å². The van der Waals surface area contributed by atoms with Gasteiger partial charge in [-0.2, -0.15) is 13.2 Å². The van der Waals surface area contributed by atoms with Crippen molar-refractivity contribution in [2.75, 3.05) is 32.5 Å². The lowest BCUT2D eigenvalue weighted by Crippen LogP contribution is -2.41. The topological polar surface area (TPSA) is 35.6 Å². The number of alkyl halides is 3. The van der Waals surface area contributed by atoms with Crippen LogP contribution >= 0.6 is 22.6 Å². The lowest BCUT2D eigenvalue weighted by atomic mass is 10.0. The van der Waals surface area contributed by atoms with Gasteiger partial charge in [-0.25, -0.2) is 0 Å². The van der Waals surface area contributed by atoms with E-state index in [1.807, 2.05) is 36.2 Å². The van der Waals surface area contributed by atoms with Gasteiger partial charge in [-0.1, -0.05) is 18.2 Å². The van der Waals surface area contributed by atoms with Crippen LogP contribution in [0.5, 0.6) is 0 Å². The molecule has 0 bridgehead atoms. The summed E-state index contributed by atoms with van der Waals surface area (Å²) in [7, 11) is 3.94. The van der Waals surface area contributed by atoms with Crippen molar-refractivity contribution in [3.8, 4) is 0 Å². The molecule has 1 saturated heterocycles. The fraction of sp³-hybridized carbons (Fsp3) is 0.435. The van der Waals surface area contributed by atoms with E-state index in [-0.39, 0.29) is 36.2 Å².